The van der Waals surface area contributed by atoms with Gasteiger partial charge in [-0.3, -0.25) is 4.79 Å². The molecule has 0 aliphatic carbocycles. The van der Waals surface area contributed by atoms with E-state index in [9.17, 15) is 4.79 Å². The van der Waals surface area contributed by atoms with Crippen LogP contribution in [-0.4, -0.2) is 37.4 Å². The number of thioether (sulfide) groups is 1. The number of nitrogens with one attached hydrogen (secondary N) is 2. The highest BCUT2D eigenvalue weighted by atomic mass is 35.5. The van der Waals surface area contributed by atoms with Crippen LogP contribution >= 0.6 is 23.4 Å². The third-order valence-corrected chi connectivity index (χ3v) is 6.65. The van der Waals surface area contributed by atoms with Crippen LogP contribution in [0.5, 0.6) is 11.5 Å². The number of hydrogen-bond donors (Lipinski definition) is 2. The molecule has 4 aromatic rings. The van der Waals surface area contributed by atoms with Crippen molar-refractivity contribution in [3.63, 3.8) is 0 Å². The zero-order chi connectivity index (χ0) is 23.2. The van der Waals surface area contributed by atoms with Crippen molar-refractivity contribution < 1.29 is 14.3 Å². The molecule has 0 bridgehead atoms. The molecule has 4 rings (SSSR count). The molecule has 0 spiro atoms. The predicted molar refractivity (Wildman–Crippen MR) is 136 cm³/mol. The molecule has 5 nitrogen and oxygen atoms in total. The molecule has 33 heavy (non-hydrogen) atoms. The Labute approximate surface area is 202 Å². The summed E-state index contributed by atoms with van der Waals surface area (Å²) >= 11 is 7.80. The maximum absolute atomic E-state index is 12.4. The lowest BCUT2D eigenvalue weighted by Gasteiger charge is -2.10. The minimum atomic E-state index is -0.0281. The fraction of sp³-hybridized carbons (Fsp3) is 0.192. The van der Waals surface area contributed by atoms with E-state index in [1.807, 2.05) is 54.6 Å². The van der Waals surface area contributed by atoms with E-state index in [0.717, 1.165) is 28.1 Å². The van der Waals surface area contributed by atoms with Gasteiger partial charge in [0.1, 0.15) is 0 Å². The summed E-state index contributed by atoms with van der Waals surface area (Å²) in [6.45, 7) is 0.566. The van der Waals surface area contributed by atoms with E-state index in [-0.39, 0.29) is 12.3 Å². The number of amides is 1. The van der Waals surface area contributed by atoms with Gasteiger partial charge in [-0.1, -0.05) is 48.0 Å². The quantitative estimate of drug-likeness (QED) is 0.229. The fourth-order valence-corrected chi connectivity index (χ4v) is 4.85. The summed E-state index contributed by atoms with van der Waals surface area (Å²) in [5.74, 6) is 1.99. The number of carbonyl (C=O) groups excluding carboxylic acids is 1. The van der Waals surface area contributed by atoms with Crippen LogP contribution in [0.4, 0.5) is 0 Å². The average molecular weight is 481 g/mol. The number of carbonyl (C=O) groups is 1. The molecule has 0 aliphatic rings. The van der Waals surface area contributed by atoms with Gasteiger partial charge in [-0.15, -0.1) is 11.8 Å². The van der Waals surface area contributed by atoms with Crippen molar-refractivity contribution in [2.45, 2.75) is 11.3 Å². The first-order valence-electron chi connectivity index (χ1n) is 10.6. The first-order valence-corrected chi connectivity index (χ1v) is 11.9. The van der Waals surface area contributed by atoms with E-state index in [1.54, 1.807) is 26.0 Å². The zero-order valence-electron chi connectivity index (χ0n) is 18.5. The highest BCUT2D eigenvalue weighted by Gasteiger charge is 2.14. The summed E-state index contributed by atoms with van der Waals surface area (Å²) in [4.78, 5) is 17.1. The Bertz CT molecular complexity index is 1250. The lowest BCUT2D eigenvalue weighted by atomic mass is 10.1. The number of aromatic amines is 1. The Hall–Kier alpha value is -3.09. The van der Waals surface area contributed by atoms with Crippen LogP contribution in [0, 0.1) is 0 Å². The molecule has 7 heteroatoms. The smallest absolute Gasteiger partial charge is 0.224 e. The third kappa shape index (κ3) is 5.46. The third-order valence-electron chi connectivity index (χ3n) is 5.27. The van der Waals surface area contributed by atoms with Gasteiger partial charge in [0.2, 0.25) is 5.91 Å². The normalized spacial score (nSPS) is 10.9. The summed E-state index contributed by atoms with van der Waals surface area (Å²) in [5, 5.41) is 4.89. The first kappa shape index (κ1) is 23.1. The van der Waals surface area contributed by atoms with E-state index in [4.69, 9.17) is 21.1 Å². The number of hydrogen-bond acceptors (Lipinski definition) is 4. The topological polar surface area (TPSA) is 63.3 Å². The second kappa shape index (κ2) is 10.7. The van der Waals surface area contributed by atoms with E-state index >= 15 is 0 Å². The zero-order valence-corrected chi connectivity index (χ0v) is 20.1. The van der Waals surface area contributed by atoms with Crippen molar-refractivity contribution in [2.75, 3.05) is 26.5 Å². The van der Waals surface area contributed by atoms with Crippen LogP contribution in [0.25, 0.3) is 22.2 Å². The van der Waals surface area contributed by atoms with Crippen molar-refractivity contribution >= 4 is 40.2 Å². The Morgan fingerprint density at radius 2 is 1.76 bits per heavy atom. The molecule has 170 valence electrons. The average Bonchev–Trinajstić information content (AvgIpc) is 3.20. The maximum Gasteiger partial charge on any atom is 0.224 e. The lowest BCUT2D eigenvalue weighted by Crippen LogP contribution is -2.27. The van der Waals surface area contributed by atoms with Gasteiger partial charge < -0.3 is 19.8 Å². The molecule has 1 amide bonds. The largest absolute Gasteiger partial charge is 0.493 e. The van der Waals surface area contributed by atoms with E-state index < -0.39 is 0 Å². The molecule has 3 aromatic carbocycles. The molecule has 0 saturated carbocycles. The van der Waals surface area contributed by atoms with Gasteiger partial charge in [-0.2, -0.15) is 0 Å². The molecule has 0 radical (unpaired) electrons. The Balaban J connectivity index is 1.40. The molecule has 0 atom stereocenters. The molecular formula is C26H25ClN2O3S. The number of rotatable bonds is 9. The number of ether oxygens (including phenoxy) is 2. The first-order chi connectivity index (χ1) is 16.1. The summed E-state index contributed by atoms with van der Waals surface area (Å²) in [7, 11) is 3.18. The SMILES string of the molecule is COc1ccc(CC(=O)NCCSc2c(-c3ccc(Cl)cc3)[nH]c3ccccc23)cc1OC. The molecule has 1 heterocycles. The molecule has 0 unspecified atom stereocenters. The molecule has 0 aliphatic heterocycles. The molecule has 2 N–H and O–H groups in total. The van der Waals surface area contributed by atoms with E-state index in [2.05, 4.69) is 22.4 Å². The van der Waals surface area contributed by atoms with Crippen LogP contribution in [0.15, 0.2) is 71.6 Å². The van der Waals surface area contributed by atoms with Crippen LogP contribution in [0.2, 0.25) is 5.02 Å². The van der Waals surface area contributed by atoms with Crippen LogP contribution in [-0.2, 0) is 11.2 Å². The maximum atomic E-state index is 12.4. The number of aromatic nitrogens is 1. The van der Waals surface area contributed by atoms with Crippen molar-refractivity contribution in [2.24, 2.45) is 0 Å². The molecule has 1 aromatic heterocycles. The monoisotopic (exact) mass is 480 g/mol. The lowest BCUT2D eigenvalue weighted by molar-refractivity contribution is -0.120. The number of halogens is 1. The minimum absolute atomic E-state index is 0.0281. The van der Waals surface area contributed by atoms with Crippen molar-refractivity contribution in [3.05, 3.63) is 77.3 Å². The highest BCUT2D eigenvalue weighted by Crippen LogP contribution is 2.37. The summed E-state index contributed by atoms with van der Waals surface area (Å²) < 4.78 is 10.6. The molecular weight excluding hydrogens is 456 g/mol. The second-order valence-corrected chi connectivity index (χ2v) is 8.99. The van der Waals surface area contributed by atoms with Gasteiger partial charge in [0, 0.05) is 33.1 Å². The summed E-state index contributed by atoms with van der Waals surface area (Å²) in [6, 6.07) is 21.6. The minimum Gasteiger partial charge on any atom is -0.493 e. The Kier molecular flexibility index (Phi) is 7.47. The van der Waals surface area contributed by atoms with Gasteiger partial charge in [0.25, 0.3) is 0 Å². The predicted octanol–water partition coefficient (Wildman–Crippen LogP) is 5.96. The van der Waals surface area contributed by atoms with E-state index in [1.165, 1.54) is 10.3 Å². The van der Waals surface area contributed by atoms with Crippen molar-refractivity contribution in [3.8, 4) is 22.8 Å². The van der Waals surface area contributed by atoms with Crippen molar-refractivity contribution in [1.29, 1.82) is 0 Å². The number of fused-ring (bicyclic) bond motifs is 1. The number of benzene rings is 3. The van der Waals surface area contributed by atoms with Crippen LogP contribution < -0.4 is 14.8 Å². The van der Waals surface area contributed by atoms with Crippen LogP contribution in [0.1, 0.15) is 5.56 Å². The second-order valence-electron chi connectivity index (χ2n) is 7.45. The van der Waals surface area contributed by atoms with Gasteiger partial charge in [-0.05, 0) is 41.5 Å². The fourth-order valence-electron chi connectivity index (χ4n) is 3.67. The molecule has 0 fully saturated rings. The van der Waals surface area contributed by atoms with Crippen LogP contribution in [0.3, 0.4) is 0 Å². The number of methoxy groups -OCH3 is 2. The number of para-hydroxylation sites is 1. The van der Waals surface area contributed by atoms with Gasteiger partial charge in [0.15, 0.2) is 11.5 Å². The summed E-state index contributed by atoms with van der Waals surface area (Å²) in [5.41, 5.74) is 4.10. The van der Waals surface area contributed by atoms with Gasteiger partial charge in [-0.25, -0.2) is 0 Å². The van der Waals surface area contributed by atoms with Gasteiger partial charge >= 0.3 is 0 Å². The number of H-pyrrole nitrogens is 1. The van der Waals surface area contributed by atoms with Crippen molar-refractivity contribution in [1.82, 2.24) is 10.3 Å². The van der Waals surface area contributed by atoms with E-state index in [0.29, 0.717) is 23.1 Å². The Morgan fingerprint density at radius 1 is 1.00 bits per heavy atom. The molecule has 0 saturated heterocycles. The summed E-state index contributed by atoms with van der Waals surface area (Å²) in [6.07, 6.45) is 0.286. The standard InChI is InChI=1S/C26H25ClN2O3S/c1-31-22-12-7-17(15-23(22)32-2)16-24(30)28-13-14-33-26-20-5-3-4-6-21(20)29-25(26)18-8-10-19(27)11-9-18/h3-12,15,29H,13-14,16H2,1-2H3,(H,28,30). The Morgan fingerprint density at radius 3 is 2.52 bits per heavy atom. The highest BCUT2D eigenvalue weighted by molar-refractivity contribution is 7.99. The van der Waals surface area contributed by atoms with Gasteiger partial charge in [0.05, 0.1) is 26.3 Å².